The molecule has 1 heterocycles. The van der Waals surface area contributed by atoms with Crippen LogP contribution in [0.2, 0.25) is 0 Å². The molecule has 3 aromatic carbocycles. The molecular formula is C25H19N3O2. The van der Waals surface area contributed by atoms with Crippen LogP contribution in [0.15, 0.2) is 72.8 Å². The van der Waals surface area contributed by atoms with Crippen molar-refractivity contribution in [3.63, 3.8) is 0 Å². The summed E-state index contributed by atoms with van der Waals surface area (Å²) < 4.78 is 2.18. The molecule has 0 spiro atoms. The lowest BCUT2D eigenvalue weighted by molar-refractivity contribution is -0.384. The van der Waals surface area contributed by atoms with Gasteiger partial charge in [0.15, 0.2) is 0 Å². The highest BCUT2D eigenvalue weighted by atomic mass is 16.6. The number of hydrogen-bond acceptors (Lipinski definition) is 3. The molecule has 0 unspecified atom stereocenters. The van der Waals surface area contributed by atoms with Crippen LogP contribution in [-0.4, -0.2) is 9.49 Å². The third-order valence-electron chi connectivity index (χ3n) is 5.27. The van der Waals surface area contributed by atoms with Crippen LogP contribution in [0.25, 0.3) is 28.1 Å². The van der Waals surface area contributed by atoms with Gasteiger partial charge in [-0.15, -0.1) is 0 Å². The van der Waals surface area contributed by atoms with Crippen molar-refractivity contribution >= 4 is 28.1 Å². The Morgan fingerprint density at radius 3 is 2.53 bits per heavy atom. The van der Waals surface area contributed by atoms with Crippen LogP contribution >= 0.6 is 0 Å². The Morgan fingerprint density at radius 1 is 1.03 bits per heavy atom. The first-order valence-electron chi connectivity index (χ1n) is 9.53. The molecule has 1 aromatic heterocycles. The molecule has 0 aliphatic rings. The number of rotatable bonds is 4. The van der Waals surface area contributed by atoms with Crippen molar-refractivity contribution in [3.05, 3.63) is 105 Å². The monoisotopic (exact) mass is 393 g/mol. The van der Waals surface area contributed by atoms with Crippen LogP contribution in [0.4, 0.5) is 5.69 Å². The van der Waals surface area contributed by atoms with Gasteiger partial charge in [-0.3, -0.25) is 10.1 Å². The van der Waals surface area contributed by atoms with Gasteiger partial charge in [0.25, 0.3) is 5.69 Å². The summed E-state index contributed by atoms with van der Waals surface area (Å²) in [4.78, 5) is 10.6. The number of nitro benzene ring substituents is 1. The number of nitro groups is 1. The summed E-state index contributed by atoms with van der Waals surface area (Å²) in [5.74, 6) is 0. The average molecular weight is 393 g/mol. The standard InChI is InChI=1S/C25H19N3O2/c1-17-13-21(14-22(16-26)20-9-5-10-23(15-20)28(29)30)18(2)27(17)25-12-6-8-19-7-3-4-11-24(19)25/h3-15H,1-2H3/b22-14-. The molecule has 0 atom stereocenters. The SMILES string of the molecule is Cc1cc(/C=C(/C#N)c2cccc([N+](=O)[O-])c2)c(C)n1-c1cccc2ccccc12. The first kappa shape index (κ1) is 19.2. The van der Waals surface area contributed by atoms with Crippen LogP contribution in [-0.2, 0) is 0 Å². The zero-order valence-corrected chi connectivity index (χ0v) is 16.7. The number of aromatic nitrogens is 1. The summed E-state index contributed by atoms with van der Waals surface area (Å²) >= 11 is 0. The van der Waals surface area contributed by atoms with E-state index < -0.39 is 4.92 Å². The summed E-state index contributed by atoms with van der Waals surface area (Å²) in [6, 6.07) is 24.8. The van der Waals surface area contributed by atoms with Crippen LogP contribution < -0.4 is 0 Å². The molecule has 4 aromatic rings. The number of nitrogens with zero attached hydrogens (tertiary/aromatic N) is 3. The molecular weight excluding hydrogens is 374 g/mol. The van der Waals surface area contributed by atoms with E-state index in [0.29, 0.717) is 11.1 Å². The van der Waals surface area contributed by atoms with Crippen LogP contribution in [0, 0.1) is 35.3 Å². The highest BCUT2D eigenvalue weighted by Crippen LogP contribution is 2.30. The minimum Gasteiger partial charge on any atom is -0.317 e. The van der Waals surface area contributed by atoms with Gasteiger partial charge in [0.1, 0.15) is 0 Å². The van der Waals surface area contributed by atoms with E-state index in [-0.39, 0.29) is 5.69 Å². The molecule has 0 saturated carbocycles. The highest BCUT2D eigenvalue weighted by molar-refractivity contribution is 5.92. The van der Waals surface area contributed by atoms with Crippen LogP contribution in [0.5, 0.6) is 0 Å². The molecule has 0 fully saturated rings. The molecule has 146 valence electrons. The quantitative estimate of drug-likeness (QED) is 0.235. The van der Waals surface area contributed by atoms with Crippen molar-refractivity contribution in [2.24, 2.45) is 0 Å². The number of benzene rings is 3. The Labute approximate surface area is 174 Å². The maximum atomic E-state index is 11.1. The van der Waals surface area contributed by atoms with Crippen molar-refractivity contribution in [2.75, 3.05) is 0 Å². The second-order valence-electron chi connectivity index (χ2n) is 7.14. The first-order valence-corrected chi connectivity index (χ1v) is 9.53. The summed E-state index contributed by atoms with van der Waals surface area (Å²) in [5, 5.41) is 23.1. The lowest BCUT2D eigenvalue weighted by Crippen LogP contribution is -2.00. The van der Waals surface area contributed by atoms with E-state index in [1.165, 1.54) is 12.1 Å². The summed E-state index contributed by atoms with van der Waals surface area (Å²) in [6.07, 6.45) is 1.79. The van der Waals surface area contributed by atoms with Crippen molar-refractivity contribution < 1.29 is 4.92 Å². The number of fused-ring (bicyclic) bond motifs is 1. The van der Waals surface area contributed by atoms with E-state index >= 15 is 0 Å². The van der Waals surface area contributed by atoms with Crippen molar-refractivity contribution in [2.45, 2.75) is 13.8 Å². The van der Waals surface area contributed by atoms with Gasteiger partial charge in [0.2, 0.25) is 0 Å². The fourth-order valence-corrected chi connectivity index (χ4v) is 3.83. The second-order valence-corrected chi connectivity index (χ2v) is 7.14. The Kier molecular flexibility index (Phi) is 4.91. The van der Waals surface area contributed by atoms with Gasteiger partial charge in [-0.1, -0.05) is 48.5 Å². The van der Waals surface area contributed by atoms with E-state index in [9.17, 15) is 15.4 Å². The van der Waals surface area contributed by atoms with E-state index in [0.717, 1.165) is 33.4 Å². The number of non-ortho nitro benzene ring substituents is 1. The van der Waals surface area contributed by atoms with E-state index in [2.05, 4.69) is 34.9 Å². The molecule has 0 N–H and O–H groups in total. The fourth-order valence-electron chi connectivity index (χ4n) is 3.83. The van der Waals surface area contributed by atoms with E-state index in [1.807, 2.05) is 38.1 Å². The average Bonchev–Trinajstić information content (AvgIpc) is 3.04. The van der Waals surface area contributed by atoms with Gasteiger partial charge in [-0.05, 0) is 48.6 Å². The maximum Gasteiger partial charge on any atom is 0.270 e. The summed E-state index contributed by atoms with van der Waals surface area (Å²) in [6.45, 7) is 4.05. The van der Waals surface area contributed by atoms with Crippen molar-refractivity contribution in [3.8, 4) is 11.8 Å². The number of aryl methyl sites for hydroxylation is 1. The van der Waals surface area contributed by atoms with Gasteiger partial charge < -0.3 is 4.57 Å². The lowest BCUT2D eigenvalue weighted by atomic mass is 10.0. The molecule has 5 heteroatoms. The largest absolute Gasteiger partial charge is 0.317 e. The predicted octanol–water partition coefficient (Wildman–Crippen LogP) is 6.22. The van der Waals surface area contributed by atoms with Gasteiger partial charge in [0, 0.05) is 28.9 Å². The van der Waals surface area contributed by atoms with Gasteiger partial charge >= 0.3 is 0 Å². The molecule has 0 saturated heterocycles. The molecule has 0 amide bonds. The van der Waals surface area contributed by atoms with Gasteiger partial charge in [-0.2, -0.15) is 5.26 Å². The Hall–Kier alpha value is -4.17. The topological polar surface area (TPSA) is 71.9 Å². The fraction of sp³-hybridized carbons (Fsp3) is 0.0800. The van der Waals surface area contributed by atoms with Crippen LogP contribution in [0.3, 0.4) is 0 Å². The third kappa shape index (κ3) is 3.36. The Morgan fingerprint density at radius 2 is 1.77 bits per heavy atom. The van der Waals surface area contributed by atoms with E-state index in [4.69, 9.17) is 0 Å². The predicted molar refractivity (Wildman–Crippen MR) is 119 cm³/mol. The lowest BCUT2D eigenvalue weighted by Gasteiger charge is -2.13. The number of hydrogen-bond donors (Lipinski definition) is 0. The number of allylic oxidation sites excluding steroid dienone is 1. The van der Waals surface area contributed by atoms with Gasteiger partial charge in [0.05, 0.1) is 22.3 Å². The van der Waals surface area contributed by atoms with Crippen LogP contribution in [0.1, 0.15) is 22.5 Å². The third-order valence-corrected chi connectivity index (χ3v) is 5.27. The highest BCUT2D eigenvalue weighted by Gasteiger charge is 2.14. The van der Waals surface area contributed by atoms with Crippen molar-refractivity contribution in [1.82, 2.24) is 4.57 Å². The second kappa shape index (κ2) is 7.69. The normalized spacial score (nSPS) is 11.4. The van der Waals surface area contributed by atoms with Gasteiger partial charge in [-0.25, -0.2) is 0 Å². The maximum absolute atomic E-state index is 11.1. The Balaban J connectivity index is 1.85. The smallest absolute Gasteiger partial charge is 0.270 e. The molecule has 30 heavy (non-hydrogen) atoms. The molecule has 5 nitrogen and oxygen atoms in total. The summed E-state index contributed by atoms with van der Waals surface area (Å²) in [7, 11) is 0. The molecule has 0 bridgehead atoms. The van der Waals surface area contributed by atoms with Crippen molar-refractivity contribution in [1.29, 1.82) is 5.26 Å². The minimum absolute atomic E-state index is 0.0325. The molecule has 4 rings (SSSR count). The minimum atomic E-state index is -0.453. The zero-order valence-electron chi connectivity index (χ0n) is 16.7. The zero-order chi connectivity index (χ0) is 21.3. The molecule has 0 radical (unpaired) electrons. The number of nitriles is 1. The Bertz CT molecular complexity index is 1350. The van der Waals surface area contributed by atoms with E-state index in [1.54, 1.807) is 18.2 Å². The molecule has 0 aliphatic carbocycles. The summed E-state index contributed by atoms with van der Waals surface area (Å²) in [5.41, 5.74) is 4.92. The molecule has 0 aliphatic heterocycles. The first-order chi connectivity index (χ1) is 14.5.